The maximum absolute atomic E-state index is 12.5. The summed E-state index contributed by atoms with van der Waals surface area (Å²) >= 11 is 0. The SMILES string of the molecule is CCN(Cc1ccccc1)C(=O)Cn1ccc(C)c(C#N)c1=O. The van der Waals surface area contributed by atoms with Crippen LogP contribution in [0.1, 0.15) is 23.6 Å². The third kappa shape index (κ3) is 3.86. The minimum Gasteiger partial charge on any atom is -0.337 e. The van der Waals surface area contributed by atoms with Crippen molar-refractivity contribution in [1.82, 2.24) is 9.47 Å². The Kier molecular flexibility index (Phi) is 5.32. The van der Waals surface area contributed by atoms with Gasteiger partial charge in [0.1, 0.15) is 18.2 Å². The normalized spacial score (nSPS) is 10.1. The zero-order chi connectivity index (χ0) is 16.8. The number of pyridine rings is 1. The summed E-state index contributed by atoms with van der Waals surface area (Å²) in [6.45, 7) is 4.61. The molecule has 0 aliphatic carbocycles. The number of hydrogen-bond donors (Lipinski definition) is 0. The van der Waals surface area contributed by atoms with Crippen molar-refractivity contribution in [2.75, 3.05) is 6.54 Å². The summed E-state index contributed by atoms with van der Waals surface area (Å²) in [5.74, 6) is -0.147. The fourth-order valence-electron chi connectivity index (χ4n) is 2.35. The Morgan fingerprint density at radius 1 is 1.26 bits per heavy atom. The van der Waals surface area contributed by atoms with Crippen molar-refractivity contribution in [2.45, 2.75) is 26.9 Å². The molecule has 0 radical (unpaired) electrons. The number of rotatable bonds is 5. The lowest BCUT2D eigenvalue weighted by molar-refractivity contribution is -0.132. The van der Waals surface area contributed by atoms with Gasteiger partial charge >= 0.3 is 0 Å². The van der Waals surface area contributed by atoms with Gasteiger partial charge in [0.25, 0.3) is 5.56 Å². The Bertz CT molecular complexity index is 788. The number of amides is 1. The van der Waals surface area contributed by atoms with E-state index in [2.05, 4.69) is 0 Å². The summed E-state index contributed by atoms with van der Waals surface area (Å²) in [5, 5.41) is 9.05. The molecule has 0 atom stereocenters. The minimum atomic E-state index is -0.420. The molecule has 0 spiro atoms. The Labute approximate surface area is 135 Å². The van der Waals surface area contributed by atoms with E-state index in [0.29, 0.717) is 18.7 Å². The molecule has 0 fully saturated rings. The van der Waals surface area contributed by atoms with Crippen molar-refractivity contribution in [3.05, 3.63) is 69.6 Å². The smallest absolute Gasteiger partial charge is 0.269 e. The van der Waals surface area contributed by atoms with Crippen LogP contribution in [0, 0.1) is 18.3 Å². The first-order chi connectivity index (χ1) is 11.1. The molecule has 0 saturated heterocycles. The predicted molar refractivity (Wildman–Crippen MR) is 87.7 cm³/mol. The molecule has 5 nitrogen and oxygen atoms in total. The number of benzene rings is 1. The number of aryl methyl sites for hydroxylation is 1. The monoisotopic (exact) mass is 309 g/mol. The van der Waals surface area contributed by atoms with Gasteiger partial charge in [-0.2, -0.15) is 5.26 Å². The number of nitrogens with zero attached hydrogens (tertiary/aromatic N) is 3. The third-order valence-electron chi connectivity index (χ3n) is 3.74. The average Bonchev–Trinajstić information content (AvgIpc) is 2.56. The zero-order valence-corrected chi connectivity index (χ0v) is 13.3. The van der Waals surface area contributed by atoms with Gasteiger partial charge in [0.05, 0.1) is 0 Å². The van der Waals surface area contributed by atoms with Gasteiger partial charge in [0, 0.05) is 19.3 Å². The van der Waals surface area contributed by atoms with Crippen molar-refractivity contribution in [1.29, 1.82) is 5.26 Å². The summed E-state index contributed by atoms with van der Waals surface area (Å²) in [6, 6.07) is 13.3. The molecular weight excluding hydrogens is 290 g/mol. The zero-order valence-electron chi connectivity index (χ0n) is 13.3. The van der Waals surface area contributed by atoms with Gasteiger partial charge in [-0.25, -0.2) is 0 Å². The molecule has 0 bridgehead atoms. The fraction of sp³-hybridized carbons (Fsp3) is 0.278. The van der Waals surface area contributed by atoms with E-state index in [0.717, 1.165) is 5.56 Å². The van der Waals surface area contributed by atoms with Gasteiger partial charge in [0.15, 0.2) is 0 Å². The Morgan fingerprint density at radius 3 is 2.57 bits per heavy atom. The Balaban J connectivity index is 2.18. The highest BCUT2D eigenvalue weighted by atomic mass is 16.2. The van der Waals surface area contributed by atoms with Crippen LogP contribution in [0.15, 0.2) is 47.4 Å². The van der Waals surface area contributed by atoms with Gasteiger partial charge < -0.3 is 9.47 Å². The van der Waals surface area contributed by atoms with E-state index in [1.807, 2.05) is 43.3 Å². The van der Waals surface area contributed by atoms with E-state index >= 15 is 0 Å². The summed E-state index contributed by atoms with van der Waals surface area (Å²) in [5.41, 5.74) is 1.33. The van der Waals surface area contributed by atoms with Crippen molar-refractivity contribution >= 4 is 5.91 Å². The maximum atomic E-state index is 12.5. The third-order valence-corrected chi connectivity index (χ3v) is 3.74. The highest BCUT2D eigenvalue weighted by molar-refractivity contribution is 5.76. The van der Waals surface area contributed by atoms with Crippen LogP contribution in [0.25, 0.3) is 0 Å². The van der Waals surface area contributed by atoms with Gasteiger partial charge in [-0.3, -0.25) is 9.59 Å². The van der Waals surface area contributed by atoms with Crippen LogP contribution in [0.2, 0.25) is 0 Å². The first kappa shape index (κ1) is 16.5. The number of carbonyl (C=O) groups excluding carboxylic acids is 1. The number of hydrogen-bond acceptors (Lipinski definition) is 3. The second kappa shape index (κ2) is 7.41. The number of likely N-dealkylation sites (N-methyl/N-ethyl adjacent to an activating group) is 1. The first-order valence-corrected chi connectivity index (χ1v) is 7.48. The van der Waals surface area contributed by atoms with Crippen molar-refractivity contribution in [2.24, 2.45) is 0 Å². The van der Waals surface area contributed by atoms with Crippen LogP contribution in [0.4, 0.5) is 0 Å². The standard InChI is InChI=1S/C18H19N3O2/c1-3-20(12-15-7-5-4-6-8-15)17(22)13-21-10-9-14(2)16(11-19)18(21)23/h4-10H,3,12-13H2,1-2H3. The van der Waals surface area contributed by atoms with E-state index in [9.17, 15) is 9.59 Å². The van der Waals surface area contributed by atoms with E-state index in [-0.39, 0.29) is 18.0 Å². The molecule has 0 saturated carbocycles. The topological polar surface area (TPSA) is 66.1 Å². The minimum absolute atomic E-state index is 0.0610. The fourth-order valence-corrected chi connectivity index (χ4v) is 2.35. The molecule has 0 unspecified atom stereocenters. The molecule has 118 valence electrons. The lowest BCUT2D eigenvalue weighted by atomic mass is 10.2. The molecule has 1 aromatic carbocycles. The van der Waals surface area contributed by atoms with Crippen LogP contribution >= 0.6 is 0 Å². The van der Waals surface area contributed by atoms with E-state index in [1.54, 1.807) is 24.1 Å². The molecule has 0 N–H and O–H groups in total. The number of carbonyl (C=O) groups is 1. The molecule has 1 amide bonds. The number of nitriles is 1. The van der Waals surface area contributed by atoms with Crippen molar-refractivity contribution in [3.63, 3.8) is 0 Å². The molecule has 2 aromatic rings. The lowest BCUT2D eigenvalue weighted by Gasteiger charge is -2.21. The van der Waals surface area contributed by atoms with Crippen LogP contribution in [-0.2, 0) is 17.9 Å². The van der Waals surface area contributed by atoms with Gasteiger partial charge in [-0.1, -0.05) is 30.3 Å². The number of aromatic nitrogens is 1. The molecule has 1 heterocycles. The molecule has 2 rings (SSSR count). The van der Waals surface area contributed by atoms with Gasteiger partial charge in [-0.05, 0) is 31.0 Å². The van der Waals surface area contributed by atoms with E-state index < -0.39 is 5.56 Å². The summed E-state index contributed by atoms with van der Waals surface area (Å²) < 4.78 is 1.29. The van der Waals surface area contributed by atoms with Gasteiger partial charge in [-0.15, -0.1) is 0 Å². The van der Waals surface area contributed by atoms with E-state index in [4.69, 9.17) is 5.26 Å². The van der Waals surface area contributed by atoms with Crippen molar-refractivity contribution < 1.29 is 4.79 Å². The molecule has 23 heavy (non-hydrogen) atoms. The lowest BCUT2D eigenvalue weighted by Crippen LogP contribution is -2.36. The van der Waals surface area contributed by atoms with E-state index in [1.165, 1.54) is 4.57 Å². The molecular formula is C18H19N3O2. The van der Waals surface area contributed by atoms with Crippen molar-refractivity contribution in [3.8, 4) is 6.07 Å². The Hall–Kier alpha value is -2.87. The van der Waals surface area contributed by atoms with Crippen LogP contribution in [0.3, 0.4) is 0 Å². The second-order valence-corrected chi connectivity index (χ2v) is 5.31. The molecule has 0 aliphatic rings. The highest BCUT2D eigenvalue weighted by Gasteiger charge is 2.15. The average molecular weight is 309 g/mol. The summed E-state index contributed by atoms with van der Waals surface area (Å²) in [4.78, 5) is 26.4. The molecule has 0 aliphatic heterocycles. The second-order valence-electron chi connectivity index (χ2n) is 5.31. The highest BCUT2D eigenvalue weighted by Crippen LogP contribution is 2.06. The largest absolute Gasteiger partial charge is 0.337 e. The molecule has 1 aromatic heterocycles. The quantitative estimate of drug-likeness (QED) is 0.849. The van der Waals surface area contributed by atoms with Gasteiger partial charge in [0.2, 0.25) is 5.91 Å². The Morgan fingerprint density at radius 2 is 1.96 bits per heavy atom. The van der Waals surface area contributed by atoms with Crippen LogP contribution < -0.4 is 5.56 Å². The summed E-state index contributed by atoms with van der Waals surface area (Å²) in [6.07, 6.45) is 1.56. The molecule has 5 heteroatoms. The predicted octanol–water partition coefficient (Wildman–Crippen LogP) is 2.08. The van der Waals surface area contributed by atoms with Crippen LogP contribution in [0.5, 0.6) is 0 Å². The van der Waals surface area contributed by atoms with Crippen LogP contribution in [-0.4, -0.2) is 21.9 Å². The first-order valence-electron chi connectivity index (χ1n) is 7.48. The summed E-state index contributed by atoms with van der Waals surface area (Å²) in [7, 11) is 0. The maximum Gasteiger partial charge on any atom is 0.269 e.